The van der Waals surface area contributed by atoms with E-state index in [1.165, 1.54) is 6.42 Å². The van der Waals surface area contributed by atoms with Gasteiger partial charge in [0, 0.05) is 24.7 Å². The SMILES string of the molecule is CC1CC(C)N(C(C)C)P(OCCN)N1. The van der Waals surface area contributed by atoms with Gasteiger partial charge in [-0.1, -0.05) is 0 Å². The highest BCUT2D eigenvalue weighted by molar-refractivity contribution is 7.47. The van der Waals surface area contributed by atoms with Crippen LogP contribution in [0.5, 0.6) is 0 Å². The van der Waals surface area contributed by atoms with E-state index >= 15 is 0 Å². The molecule has 5 heteroatoms. The molecule has 0 aromatic heterocycles. The topological polar surface area (TPSA) is 50.5 Å². The molecule has 3 unspecified atom stereocenters. The van der Waals surface area contributed by atoms with Gasteiger partial charge in [0.05, 0.1) is 6.61 Å². The van der Waals surface area contributed by atoms with Gasteiger partial charge in [-0.3, -0.25) is 5.09 Å². The van der Waals surface area contributed by atoms with E-state index in [2.05, 4.69) is 37.5 Å². The van der Waals surface area contributed by atoms with Crippen molar-refractivity contribution in [1.29, 1.82) is 0 Å². The van der Waals surface area contributed by atoms with Gasteiger partial charge in [0.1, 0.15) is 0 Å². The maximum atomic E-state index is 5.80. The van der Waals surface area contributed by atoms with Crippen LogP contribution in [-0.4, -0.2) is 35.9 Å². The highest BCUT2D eigenvalue weighted by atomic mass is 31.2. The highest BCUT2D eigenvalue weighted by Gasteiger charge is 2.33. The molecule has 0 radical (unpaired) electrons. The minimum atomic E-state index is -0.656. The van der Waals surface area contributed by atoms with E-state index in [1.54, 1.807) is 0 Å². The minimum Gasteiger partial charge on any atom is -0.330 e. The molecule has 3 atom stereocenters. The quantitative estimate of drug-likeness (QED) is 0.725. The molecule has 0 bridgehead atoms. The Morgan fingerprint density at radius 3 is 2.73 bits per heavy atom. The van der Waals surface area contributed by atoms with E-state index in [0.717, 1.165) is 0 Å². The molecule has 0 aromatic rings. The fourth-order valence-electron chi connectivity index (χ4n) is 2.07. The molecule has 0 aliphatic carbocycles. The number of nitrogens with one attached hydrogen (secondary N) is 1. The van der Waals surface area contributed by atoms with Gasteiger partial charge >= 0.3 is 0 Å². The van der Waals surface area contributed by atoms with Gasteiger partial charge in [-0.15, -0.1) is 0 Å². The standard InChI is InChI=1S/C10H24N3OP/c1-8(2)13-10(4)7-9(3)12-15(13)14-6-5-11/h8-10,12H,5-7,11H2,1-4H3. The lowest BCUT2D eigenvalue weighted by Crippen LogP contribution is -2.47. The van der Waals surface area contributed by atoms with Crippen molar-refractivity contribution in [3.8, 4) is 0 Å². The van der Waals surface area contributed by atoms with Gasteiger partial charge in [-0.25, -0.2) is 4.67 Å². The summed E-state index contributed by atoms with van der Waals surface area (Å²) in [7, 11) is -0.656. The van der Waals surface area contributed by atoms with Crippen LogP contribution in [0.1, 0.15) is 34.1 Å². The molecule has 1 rings (SSSR count). The third-order valence-electron chi connectivity index (χ3n) is 2.55. The molecule has 1 aliphatic heterocycles. The summed E-state index contributed by atoms with van der Waals surface area (Å²) in [5, 5.41) is 3.53. The van der Waals surface area contributed by atoms with Crippen molar-refractivity contribution in [3.05, 3.63) is 0 Å². The third kappa shape index (κ3) is 3.65. The summed E-state index contributed by atoms with van der Waals surface area (Å²) in [6, 6.07) is 1.65. The Kier molecular flexibility index (Phi) is 5.44. The minimum absolute atomic E-state index is 0.517. The van der Waals surface area contributed by atoms with E-state index in [1.807, 2.05) is 0 Å². The zero-order chi connectivity index (χ0) is 11.4. The Morgan fingerprint density at radius 1 is 1.53 bits per heavy atom. The lowest BCUT2D eigenvalue weighted by molar-refractivity contribution is 0.203. The van der Waals surface area contributed by atoms with Gasteiger partial charge in [-0.2, -0.15) is 0 Å². The van der Waals surface area contributed by atoms with Crippen molar-refractivity contribution in [3.63, 3.8) is 0 Å². The Bertz CT molecular complexity index is 192. The number of rotatable bonds is 4. The zero-order valence-electron chi connectivity index (χ0n) is 10.2. The van der Waals surface area contributed by atoms with Gasteiger partial charge < -0.3 is 10.3 Å². The van der Waals surface area contributed by atoms with E-state index in [0.29, 0.717) is 31.3 Å². The normalized spacial score (nSPS) is 33.6. The van der Waals surface area contributed by atoms with Crippen molar-refractivity contribution in [2.75, 3.05) is 13.2 Å². The van der Waals surface area contributed by atoms with Crippen LogP contribution in [0.2, 0.25) is 0 Å². The van der Waals surface area contributed by atoms with Crippen LogP contribution >= 0.6 is 8.45 Å². The second-order valence-corrected chi connectivity index (χ2v) is 6.01. The predicted octanol–water partition coefficient (Wildman–Crippen LogP) is 1.67. The van der Waals surface area contributed by atoms with Crippen molar-refractivity contribution in [2.45, 2.75) is 52.2 Å². The number of hydrogen-bond donors (Lipinski definition) is 2. The third-order valence-corrected chi connectivity index (χ3v) is 4.91. The molecule has 1 heterocycles. The summed E-state index contributed by atoms with van der Waals surface area (Å²) in [5.41, 5.74) is 5.48. The first kappa shape index (κ1) is 13.3. The molecule has 0 spiro atoms. The molecular weight excluding hydrogens is 209 g/mol. The molecule has 0 saturated carbocycles. The fraction of sp³-hybridized carbons (Fsp3) is 1.00. The van der Waals surface area contributed by atoms with Gasteiger partial charge in [0.2, 0.25) is 0 Å². The van der Waals surface area contributed by atoms with Crippen LogP contribution in [-0.2, 0) is 4.52 Å². The molecule has 1 saturated heterocycles. The second kappa shape index (κ2) is 6.12. The molecule has 90 valence electrons. The van der Waals surface area contributed by atoms with Gasteiger partial charge in [0.25, 0.3) is 0 Å². The lowest BCUT2D eigenvalue weighted by atomic mass is 10.1. The molecule has 1 aliphatic rings. The molecule has 0 aromatic carbocycles. The molecule has 0 amide bonds. The van der Waals surface area contributed by atoms with Crippen LogP contribution in [0.15, 0.2) is 0 Å². The number of hydrogen-bond acceptors (Lipinski definition) is 4. The summed E-state index contributed by atoms with van der Waals surface area (Å²) in [4.78, 5) is 0. The number of nitrogens with two attached hydrogens (primary N) is 1. The maximum Gasteiger partial charge on any atom is 0.185 e. The Morgan fingerprint density at radius 2 is 2.20 bits per heavy atom. The van der Waals surface area contributed by atoms with Crippen LogP contribution in [0.4, 0.5) is 0 Å². The molecule has 15 heavy (non-hydrogen) atoms. The van der Waals surface area contributed by atoms with Gasteiger partial charge in [0.15, 0.2) is 8.45 Å². The average Bonchev–Trinajstić information content (AvgIpc) is 2.12. The highest BCUT2D eigenvalue weighted by Crippen LogP contribution is 2.45. The smallest absolute Gasteiger partial charge is 0.185 e. The monoisotopic (exact) mass is 233 g/mol. The maximum absolute atomic E-state index is 5.80. The molecule has 1 fully saturated rings. The van der Waals surface area contributed by atoms with Crippen molar-refractivity contribution in [2.24, 2.45) is 5.73 Å². The van der Waals surface area contributed by atoms with Crippen LogP contribution in [0.3, 0.4) is 0 Å². The first-order valence-corrected chi connectivity index (χ1v) is 6.95. The van der Waals surface area contributed by atoms with Crippen LogP contribution < -0.4 is 10.8 Å². The molecular formula is C10H24N3OP. The largest absolute Gasteiger partial charge is 0.330 e. The summed E-state index contributed by atoms with van der Waals surface area (Å²) in [6.45, 7) is 10.2. The Hall–Kier alpha value is 0.270. The predicted molar refractivity (Wildman–Crippen MR) is 65.6 cm³/mol. The van der Waals surface area contributed by atoms with Crippen molar-refractivity contribution in [1.82, 2.24) is 9.76 Å². The van der Waals surface area contributed by atoms with E-state index in [9.17, 15) is 0 Å². The first-order valence-electron chi connectivity index (χ1n) is 5.73. The van der Waals surface area contributed by atoms with Crippen molar-refractivity contribution >= 4 is 8.45 Å². The summed E-state index contributed by atoms with van der Waals surface area (Å²) >= 11 is 0. The van der Waals surface area contributed by atoms with E-state index in [-0.39, 0.29) is 0 Å². The van der Waals surface area contributed by atoms with Crippen LogP contribution in [0, 0.1) is 0 Å². The molecule has 3 N–H and O–H groups in total. The second-order valence-electron chi connectivity index (χ2n) is 4.48. The van der Waals surface area contributed by atoms with E-state index < -0.39 is 8.45 Å². The van der Waals surface area contributed by atoms with Gasteiger partial charge in [-0.05, 0) is 34.1 Å². The van der Waals surface area contributed by atoms with Crippen LogP contribution in [0.25, 0.3) is 0 Å². The zero-order valence-corrected chi connectivity index (χ0v) is 11.1. The van der Waals surface area contributed by atoms with E-state index in [4.69, 9.17) is 10.3 Å². The summed E-state index contributed by atoms with van der Waals surface area (Å²) < 4.78 is 8.24. The Labute approximate surface area is 94.5 Å². The molecule has 4 nitrogen and oxygen atoms in total. The van der Waals surface area contributed by atoms with Crippen molar-refractivity contribution < 1.29 is 4.52 Å². The fourth-order valence-corrected chi connectivity index (χ4v) is 4.04. The number of nitrogens with zero attached hydrogens (tertiary/aromatic N) is 1. The average molecular weight is 233 g/mol. The Balaban J connectivity index is 2.60. The lowest BCUT2D eigenvalue weighted by Gasteiger charge is -2.44. The summed E-state index contributed by atoms with van der Waals surface area (Å²) in [6.07, 6.45) is 1.18. The summed E-state index contributed by atoms with van der Waals surface area (Å²) in [5.74, 6) is 0. The first-order chi connectivity index (χ1) is 7.06.